The van der Waals surface area contributed by atoms with Gasteiger partial charge in [0.1, 0.15) is 17.2 Å². The van der Waals surface area contributed by atoms with Crippen LogP contribution in [0.1, 0.15) is 32.0 Å². The normalized spacial score (nSPS) is 11.5. The Kier molecular flexibility index (Phi) is 3.86. The highest BCUT2D eigenvalue weighted by molar-refractivity contribution is 5.53. The Morgan fingerprint density at radius 2 is 1.91 bits per heavy atom. The molecule has 23 heavy (non-hydrogen) atoms. The molecule has 0 aliphatic carbocycles. The Morgan fingerprint density at radius 3 is 2.61 bits per heavy atom. The molecule has 0 fully saturated rings. The number of nitrogens with zero attached hydrogens (tertiary/aromatic N) is 3. The van der Waals surface area contributed by atoms with Crippen molar-refractivity contribution < 1.29 is 9.15 Å². The summed E-state index contributed by atoms with van der Waals surface area (Å²) in [6.45, 7) is 8.38. The third kappa shape index (κ3) is 3.39. The summed E-state index contributed by atoms with van der Waals surface area (Å²) in [5, 5.41) is 0. The van der Waals surface area contributed by atoms with Gasteiger partial charge >= 0.3 is 0 Å². The zero-order valence-electron chi connectivity index (χ0n) is 13.7. The summed E-state index contributed by atoms with van der Waals surface area (Å²) >= 11 is 0. The number of ether oxygens (including phenoxy) is 1. The van der Waals surface area contributed by atoms with Crippen molar-refractivity contribution in [1.82, 2.24) is 15.0 Å². The molecule has 0 N–H and O–H groups in total. The van der Waals surface area contributed by atoms with Crippen molar-refractivity contribution in [1.29, 1.82) is 0 Å². The van der Waals surface area contributed by atoms with Crippen molar-refractivity contribution in [3.8, 4) is 23.0 Å². The van der Waals surface area contributed by atoms with Crippen LogP contribution in [-0.4, -0.2) is 15.0 Å². The van der Waals surface area contributed by atoms with Gasteiger partial charge in [-0.25, -0.2) is 4.98 Å². The summed E-state index contributed by atoms with van der Waals surface area (Å²) in [4.78, 5) is 12.6. The number of aromatic nitrogens is 3. The summed E-state index contributed by atoms with van der Waals surface area (Å²) in [6, 6.07) is 5.67. The van der Waals surface area contributed by atoms with Gasteiger partial charge in [0.05, 0.1) is 11.9 Å². The van der Waals surface area contributed by atoms with Crippen LogP contribution in [0.3, 0.4) is 0 Å². The van der Waals surface area contributed by atoms with Crippen LogP contribution in [-0.2, 0) is 5.41 Å². The molecule has 5 heteroatoms. The molecule has 0 aliphatic rings. The molecule has 0 unspecified atom stereocenters. The maximum atomic E-state index is 6.02. The highest BCUT2D eigenvalue weighted by Gasteiger charge is 2.16. The molecule has 118 valence electrons. The third-order valence-electron chi connectivity index (χ3n) is 3.55. The summed E-state index contributed by atoms with van der Waals surface area (Å²) in [5.74, 6) is 2.03. The van der Waals surface area contributed by atoms with E-state index in [-0.39, 0.29) is 5.41 Å². The van der Waals surface area contributed by atoms with Crippen LogP contribution in [0.2, 0.25) is 0 Å². The van der Waals surface area contributed by atoms with Crippen LogP contribution in [0, 0.1) is 6.92 Å². The molecule has 0 spiro atoms. The fourth-order valence-corrected chi connectivity index (χ4v) is 2.11. The molecule has 3 aromatic rings. The predicted molar refractivity (Wildman–Crippen MR) is 87.5 cm³/mol. The first-order valence-corrected chi connectivity index (χ1v) is 7.43. The fourth-order valence-electron chi connectivity index (χ4n) is 2.11. The maximum absolute atomic E-state index is 6.02. The smallest absolute Gasteiger partial charge is 0.181 e. The van der Waals surface area contributed by atoms with Crippen LogP contribution >= 0.6 is 0 Å². The zero-order valence-corrected chi connectivity index (χ0v) is 13.7. The number of pyridine rings is 2. The van der Waals surface area contributed by atoms with E-state index < -0.39 is 0 Å². The second-order valence-electron chi connectivity index (χ2n) is 6.40. The third-order valence-corrected chi connectivity index (χ3v) is 3.55. The van der Waals surface area contributed by atoms with Gasteiger partial charge in [-0.15, -0.1) is 0 Å². The Morgan fingerprint density at radius 1 is 1.09 bits per heavy atom. The standard InChI is InChI=1S/C18H19N3O2/c1-12-16(7-13(9-21-12)18(2,3)4)23-14-5-6-20-15(8-14)17-10-19-11-22-17/h5-11H,1-4H3. The first kappa shape index (κ1) is 15.2. The second-order valence-corrected chi connectivity index (χ2v) is 6.40. The highest BCUT2D eigenvalue weighted by atomic mass is 16.5. The van der Waals surface area contributed by atoms with E-state index in [1.165, 1.54) is 6.39 Å². The molecule has 3 heterocycles. The van der Waals surface area contributed by atoms with E-state index in [1.54, 1.807) is 12.4 Å². The molecule has 0 aliphatic heterocycles. The molecule has 0 radical (unpaired) electrons. The first-order chi connectivity index (χ1) is 10.9. The van der Waals surface area contributed by atoms with Crippen molar-refractivity contribution in [3.63, 3.8) is 0 Å². The van der Waals surface area contributed by atoms with E-state index in [0.29, 0.717) is 17.2 Å². The average molecular weight is 309 g/mol. The topological polar surface area (TPSA) is 61.0 Å². The van der Waals surface area contributed by atoms with Gasteiger partial charge in [-0.2, -0.15) is 0 Å². The molecule has 0 saturated heterocycles. The van der Waals surface area contributed by atoms with Crippen molar-refractivity contribution >= 4 is 0 Å². The highest BCUT2D eigenvalue weighted by Crippen LogP contribution is 2.31. The van der Waals surface area contributed by atoms with E-state index in [4.69, 9.17) is 9.15 Å². The predicted octanol–water partition coefficient (Wildman–Crippen LogP) is 4.53. The Hall–Kier alpha value is -2.69. The largest absolute Gasteiger partial charge is 0.455 e. The summed E-state index contributed by atoms with van der Waals surface area (Å²) in [6.07, 6.45) is 6.59. The van der Waals surface area contributed by atoms with E-state index in [2.05, 4.69) is 35.7 Å². The summed E-state index contributed by atoms with van der Waals surface area (Å²) in [5.41, 5.74) is 2.67. The number of hydrogen-bond acceptors (Lipinski definition) is 5. The van der Waals surface area contributed by atoms with Crippen LogP contribution in [0.25, 0.3) is 11.5 Å². The number of aryl methyl sites for hydroxylation is 1. The minimum absolute atomic E-state index is 0.0159. The monoisotopic (exact) mass is 309 g/mol. The molecule has 0 amide bonds. The quantitative estimate of drug-likeness (QED) is 0.711. The minimum atomic E-state index is 0.0159. The van der Waals surface area contributed by atoms with E-state index >= 15 is 0 Å². The van der Waals surface area contributed by atoms with E-state index in [0.717, 1.165) is 17.0 Å². The summed E-state index contributed by atoms with van der Waals surface area (Å²) in [7, 11) is 0. The lowest BCUT2D eigenvalue weighted by molar-refractivity contribution is 0.470. The van der Waals surface area contributed by atoms with Crippen molar-refractivity contribution in [3.05, 3.63) is 54.4 Å². The SMILES string of the molecule is Cc1ncc(C(C)(C)C)cc1Oc1ccnc(-c2cnco2)c1. The summed E-state index contributed by atoms with van der Waals surface area (Å²) < 4.78 is 11.3. The molecular weight excluding hydrogens is 290 g/mol. The van der Waals surface area contributed by atoms with Gasteiger partial charge in [0.15, 0.2) is 12.2 Å². The molecule has 0 saturated carbocycles. The Bertz CT molecular complexity index is 805. The lowest BCUT2D eigenvalue weighted by atomic mass is 9.88. The van der Waals surface area contributed by atoms with Crippen LogP contribution in [0.5, 0.6) is 11.5 Å². The minimum Gasteiger partial charge on any atom is -0.455 e. The van der Waals surface area contributed by atoms with Crippen molar-refractivity contribution in [2.45, 2.75) is 33.1 Å². The Labute approximate surface area is 135 Å². The number of rotatable bonds is 3. The molecule has 0 atom stereocenters. The van der Waals surface area contributed by atoms with Gasteiger partial charge in [-0.3, -0.25) is 9.97 Å². The fraction of sp³-hybridized carbons (Fsp3) is 0.278. The average Bonchev–Trinajstić information content (AvgIpc) is 3.03. The van der Waals surface area contributed by atoms with E-state index in [9.17, 15) is 0 Å². The molecule has 0 aromatic carbocycles. The lowest BCUT2D eigenvalue weighted by Crippen LogP contribution is -2.12. The molecule has 5 nitrogen and oxygen atoms in total. The molecular formula is C18H19N3O2. The first-order valence-electron chi connectivity index (χ1n) is 7.43. The van der Waals surface area contributed by atoms with Crippen LogP contribution < -0.4 is 4.74 Å². The van der Waals surface area contributed by atoms with Crippen molar-refractivity contribution in [2.24, 2.45) is 0 Å². The second kappa shape index (κ2) is 5.83. The molecule has 3 rings (SSSR count). The zero-order chi connectivity index (χ0) is 16.4. The lowest BCUT2D eigenvalue weighted by Gasteiger charge is -2.20. The number of hydrogen-bond donors (Lipinski definition) is 0. The van der Waals surface area contributed by atoms with Gasteiger partial charge in [-0.1, -0.05) is 20.8 Å². The van der Waals surface area contributed by atoms with Gasteiger partial charge in [0.2, 0.25) is 0 Å². The van der Waals surface area contributed by atoms with Crippen LogP contribution in [0.4, 0.5) is 0 Å². The van der Waals surface area contributed by atoms with Gasteiger partial charge in [-0.05, 0) is 30.0 Å². The molecule has 0 bridgehead atoms. The number of oxazole rings is 1. The van der Waals surface area contributed by atoms with Crippen molar-refractivity contribution in [2.75, 3.05) is 0 Å². The van der Waals surface area contributed by atoms with Gasteiger partial charge < -0.3 is 9.15 Å². The van der Waals surface area contributed by atoms with Crippen LogP contribution in [0.15, 0.2) is 47.6 Å². The maximum Gasteiger partial charge on any atom is 0.181 e. The Balaban J connectivity index is 1.92. The van der Waals surface area contributed by atoms with E-state index in [1.807, 2.05) is 31.3 Å². The van der Waals surface area contributed by atoms with Gasteiger partial charge in [0, 0.05) is 18.5 Å². The van der Waals surface area contributed by atoms with Gasteiger partial charge in [0.25, 0.3) is 0 Å². The molecule has 3 aromatic heterocycles.